The second kappa shape index (κ2) is 7.04. The van der Waals surface area contributed by atoms with Crippen molar-refractivity contribution in [1.82, 2.24) is 24.5 Å². The van der Waals surface area contributed by atoms with Gasteiger partial charge in [-0.1, -0.05) is 11.6 Å². The molecule has 0 radical (unpaired) electrons. The van der Waals surface area contributed by atoms with Gasteiger partial charge in [0.15, 0.2) is 0 Å². The molecule has 24 heavy (non-hydrogen) atoms. The minimum Gasteiger partial charge on any atom is -0.343 e. The lowest BCUT2D eigenvalue weighted by Gasteiger charge is -2.16. The zero-order valence-corrected chi connectivity index (χ0v) is 15.1. The average molecular weight is 353 g/mol. The normalized spacial score (nSPS) is 12.1. The molecular weight excluding hydrogens is 332 g/mol. The van der Waals surface area contributed by atoms with E-state index in [-0.39, 0.29) is 11.8 Å². The number of aryl methyl sites for hydroxylation is 1. The number of halogens is 1. The van der Waals surface area contributed by atoms with Gasteiger partial charge < -0.3 is 10.2 Å². The smallest absolute Gasteiger partial charge is 0.273 e. The summed E-state index contributed by atoms with van der Waals surface area (Å²) in [7, 11) is 3.30. The Morgan fingerprint density at radius 3 is 2.50 bits per heavy atom. The van der Waals surface area contributed by atoms with Gasteiger partial charge in [0.05, 0.1) is 28.8 Å². The first-order valence-corrected chi connectivity index (χ1v) is 7.93. The summed E-state index contributed by atoms with van der Waals surface area (Å²) < 4.78 is 3.09. The molecule has 9 heteroatoms. The Labute approximate surface area is 145 Å². The Kier molecular flexibility index (Phi) is 5.28. The van der Waals surface area contributed by atoms with Gasteiger partial charge in [0.1, 0.15) is 11.7 Å². The monoisotopic (exact) mass is 352 g/mol. The highest BCUT2D eigenvalue weighted by Crippen LogP contribution is 2.21. The predicted octanol–water partition coefficient (Wildman–Crippen LogP) is 1.96. The Morgan fingerprint density at radius 1 is 1.33 bits per heavy atom. The van der Waals surface area contributed by atoms with Crippen LogP contribution in [0.1, 0.15) is 36.1 Å². The number of nitrogens with one attached hydrogen (secondary N) is 1. The molecule has 0 bridgehead atoms. The summed E-state index contributed by atoms with van der Waals surface area (Å²) in [6.45, 7) is 5.90. The summed E-state index contributed by atoms with van der Waals surface area (Å²) in [4.78, 5) is 26.3. The van der Waals surface area contributed by atoms with E-state index >= 15 is 0 Å². The molecule has 1 unspecified atom stereocenters. The van der Waals surface area contributed by atoms with Crippen molar-refractivity contribution in [2.45, 2.75) is 33.4 Å². The Hall–Kier alpha value is -2.35. The summed E-state index contributed by atoms with van der Waals surface area (Å²) in [5.41, 5.74) is 1.43. The highest BCUT2D eigenvalue weighted by molar-refractivity contribution is 6.31. The molecule has 1 N–H and O–H groups in total. The van der Waals surface area contributed by atoms with Gasteiger partial charge in [0, 0.05) is 20.6 Å². The van der Waals surface area contributed by atoms with Crippen LogP contribution in [-0.4, -0.2) is 50.4 Å². The first kappa shape index (κ1) is 18.0. The number of hydrogen-bond acceptors (Lipinski definition) is 4. The molecular formula is C15H21ClN6O2. The minimum absolute atomic E-state index is 0.226. The lowest BCUT2D eigenvalue weighted by molar-refractivity contribution is -0.119. The van der Waals surface area contributed by atoms with E-state index in [4.69, 9.17) is 11.6 Å². The molecule has 0 aliphatic carbocycles. The summed E-state index contributed by atoms with van der Waals surface area (Å²) >= 11 is 5.98. The van der Waals surface area contributed by atoms with E-state index in [1.165, 1.54) is 22.0 Å². The van der Waals surface area contributed by atoms with Gasteiger partial charge in [-0.25, -0.2) is 0 Å². The van der Waals surface area contributed by atoms with E-state index in [1.54, 1.807) is 32.6 Å². The first-order chi connectivity index (χ1) is 11.3. The first-order valence-electron chi connectivity index (χ1n) is 7.55. The van der Waals surface area contributed by atoms with E-state index in [1.807, 2.05) is 6.92 Å². The second-order valence-electron chi connectivity index (χ2n) is 5.61. The van der Waals surface area contributed by atoms with Gasteiger partial charge in [-0.2, -0.15) is 10.2 Å². The van der Waals surface area contributed by atoms with E-state index < -0.39 is 6.04 Å². The van der Waals surface area contributed by atoms with Gasteiger partial charge in [-0.3, -0.25) is 19.0 Å². The van der Waals surface area contributed by atoms with Crippen molar-refractivity contribution in [2.75, 3.05) is 19.4 Å². The molecule has 130 valence electrons. The number of carbonyl (C=O) groups excluding carboxylic acids is 2. The number of carbonyl (C=O) groups is 2. The predicted molar refractivity (Wildman–Crippen MR) is 91.2 cm³/mol. The van der Waals surface area contributed by atoms with E-state index in [0.717, 1.165) is 0 Å². The number of anilines is 1. The molecule has 0 saturated heterocycles. The average Bonchev–Trinajstić information content (AvgIpc) is 3.09. The lowest BCUT2D eigenvalue weighted by atomic mass is 10.2. The Bertz CT molecular complexity index is 764. The molecule has 0 spiro atoms. The van der Waals surface area contributed by atoms with Crippen LogP contribution in [0.25, 0.3) is 0 Å². The van der Waals surface area contributed by atoms with E-state index in [0.29, 0.717) is 28.6 Å². The highest BCUT2D eigenvalue weighted by atomic mass is 35.5. The van der Waals surface area contributed by atoms with Crippen molar-refractivity contribution in [1.29, 1.82) is 0 Å². The quantitative estimate of drug-likeness (QED) is 0.891. The van der Waals surface area contributed by atoms with Crippen molar-refractivity contribution in [2.24, 2.45) is 0 Å². The number of aromatic nitrogens is 4. The number of rotatable bonds is 5. The minimum atomic E-state index is -0.579. The molecule has 0 fully saturated rings. The van der Waals surface area contributed by atoms with Crippen LogP contribution < -0.4 is 5.32 Å². The largest absolute Gasteiger partial charge is 0.343 e. The van der Waals surface area contributed by atoms with Crippen LogP contribution in [0.2, 0.25) is 5.02 Å². The fourth-order valence-electron chi connectivity index (χ4n) is 2.30. The zero-order valence-electron chi connectivity index (χ0n) is 14.4. The number of amides is 2. The third kappa shape index (κ3) is 3.28. The van der Waals surface area contributed by atoms with Crippen LogP contribution in [0, 0.1) is 6.92 Å². The molecule has 1 atom stereocenters. The second-order valence-corrected chi connectivity index (χ2v) is 6.02. The van der Waals surface area contributed by atoms with Crippen molar-refractivity contribution >= 4 is 29.1 Å². The zero-order chi connectivity index (χ0) is 18.0. The molecule has 2 amide bonds. The summed E-state index contributed by atoms with van der Waals surface area (Å²) in [6.07, 6.45) is 2.98. The molecule has 2 heterocycles. The maximum absolute atomic E-state index is 12.5. The van der Waals surface area contributed by atoms with E-state index in [2.05, 4.69) is 15.5 Å². The maximum Gasteiger partial charge on any atom is 0.273 e. The number of hydrogen-bond donors (Lipinski definition) is 1. The van der Waals surface area contributed by atoms with E-state index in [9.17, 15) is 9.59 Å². The van der Waals surface area contributed by atoms with Crippen LogP contribution >= 0.6 is 11.6 Å². The number of nitrogens with zero attached hydrogens (tertiary/aromatic N) is 5. The fraction of sp³-hybridized carbons (Fsp3) is 0.467. The van der Waals surface area contributed by atoms with Crippen LogP contribution in [0.4, 0.5) is 5.69 Å². The topological polar surface area (TPSA) is 85.0 Å². The van der Waals surface area contributed by atoms with Crippen molar-refractivity contribution in [3.63, 3.8) is 0 Å². The van der Waals surface area contributed by atoms with Gasteiger partial charge in [-0.15, -0.1) is 0 Å². The Balaban J connectivity index is 2.28. The van der Waals surface area contributed by atoms with Crippen molar-refractivity contribution < 1.29 is 9.59 Å². The van der Waals surface area contributed by atoms with Gasteiger partial charge in [-0.05, 0) is 20.8 Å². The molecule has 2 aromatic rings. The molecule has 8 nitrogen and oxygen atoms in total. The van der Waals surface area contributed by atoms with Crippen LogP contribution in [0.3, 0.4) is 0 Å². The highest BCUT2D eigenvalue weighted by Gasteiger charge is 2.24. The van der Waals surface area contributed by atoms with Gasteiger partial charge in [0.25, 0.3) is 5.91 Å². The molecule has 0 aromatic carbocycles. The molecule has 0 saturated carbocycles. The van der Waals surface area contributed by atoms with Gasteiger partial charge in [0.2, 0.25) is 5.91 Å². The van der Waals surface area contributed by atoms with Crippen molar-refractivity contribution in [3.05, 3.63) is 28.8 Å². The standard InChI is InChI=1S/C15H21ClN6O2/c1-6-21-13(15(24)20(4)5)12(8-17-21)19-14(23)10(3)22-9(2)11(16)7-18-22/h7-8,10H,6H2,1-5H3,(H,19,23). The molecule has 2 rings (SSSR count). The van der Waals surface area contributed by atoms with Gasteiger partial charge >= 0.3 is 0 Å². The maximum atomic E-state index is 12.5. The van der Waals surface area contributed by atoms with Crippen LogP contribution in [-0.2, 0) is 11.3 Å². The SMILES string of the molecule is CCn1ncc(NC(=O)C(C)n2ncc(Cl)c2C)c1C(=O)N(C)C. The lowest BCUT2D eigenvalue weighted by Crippen LogP contribution is -2.29. The summed E-state index contributed by atoms with van der Waals surface area (Å²) in [6, 6.07) is -0.579. The molecule has 0 aliphatic heterocycles. The summed E-state index contributed by atoms with van der Waals surface area (Å²) in [5.74, 6) is -0.531. The van der Waals surface area contributed by atoms with Crippen LogP contribution in [0.15, 0.2) is 12.4 Å². The van der Waals surface area contributed by atoms with Crippen LogP contribution in [0.5, 0.6) is 0 Å². The summed E-state index contributed by atoms with van der Waals surface area (Å²) in [5, 5.41) is 11.5. The third-order valence-electron chi connectivity index (χ3n) is 3.74. The fourth-order valence-corrected chi connectivity index (χ4v) is 2.43. The molecule has 0 aliphatic rings. The molecule has 2 aromatic heterocycles. The Morgan fingerprint density at radius 2 is 2.00 bits per heavy atom. The third-order valence-corrected chi connectivity index (χ3v) is 4.11. The van der Waals surface area contributed by atoms with Crippen molar-refractivity contribution in [3.8, 4) is 0 Å².